The first-order chi connectivity index (χ1) is 19.3. The van der Waals surface area contributed by atoms with Crippen LogP contribution in [0.4, 0.5) is 0 Å². The maximum Gasteiger partial charge on any atom is 0.145 e. The van der Waals surface area contributed by atoms with Crippen LogP contribution in [0.5, 0.6) is 0 Å². The summed E-state index contributed by atoms with van der Waals surface area (Å²) in [6.45, 7) is 0. The number of benzene rings is 6. The molecule has 1 heterocycles. The molecule has 2 nitrogen and oxygen atoms in total. The van der Waals surface area contributed by atoms with Crippen molar-refractivity contribution in [2.24, 2.45) is 0 Å². The molecule has 0 atom stereocenters. The summed E-state index contributed by atoms with van der Waals surface area (Å²) in [5, 5.41) is 0. The molecule has 7 aromatic rings. The van der Waals surface area contributed by atoms with Crippen molar-refractivity contribution in [1.29, 1.82) is 0 Å². The Bertz CT molecular complexity index is 1810. The lowest BCUT2D eigenvalue weighted by Crippen LogP contribution is -1.97. The third-order valence-corrected chi connectivity index (χ3v) is 7.20. The van der Waals surface area contributed by atoms with Gasteiger partial charge >= 0.3 is 0 Å². The predicted molar refractivity (Wildman–Crippen MR) is 163 cm³/mol. The summed E-state index contributed by atoms with van der Waals surface area (Å²) in [4.78, 5) is 5.03. The number of aromatic nitrogens is 2. The second kappa shape index (κ2) is 9.92. The molecule has 0 aliphatic carbocycles. The van der Waals surface area contributed by atoms with Gasteiger partial charge in [0.05, 0.1) is 11.0 Å². The number of fused-ring (bicyclic) bond motifs is 1. The van der Waals surface area contributed by atoms with E-state index in [0.717, 1.165) is 28.1 Å². The monoisotopic (exact) mass is 498 g/mol. The molecule has 0 spiro atoms. The standard InChI is InChI=1S/C37H26N2/c1-4-12-27(13-5-1)31-24-32(28-14-6-2-7-15-28)26-33(25-31)29-20-22-30(23-21-29)37-38-35-18-10-11-19-36(35)39(37)34-16-8-3-9-17-34/h1-26H. The van der Waals surface area contributed by atoms with E-state index < -0.39 is 0 Å². The average Bonchev–Trinajstić information content (AvgIpc) is 3.42. The molecular formula is C37H26N2. The lowest BCUT2D eigenvalue weighted by molar-refractivity contribution is 1.10. The normalized spacial score (nSPS) is 11.1. The molecule has 0 amide bonds. The zero-order valence-corrected chi connectivity index (χ0v) is 21.4. The molecule has 2 heteroatoms. The van der Waals surface area contributed by atoms with E-state index in [-0.39, 0.29) is 0 Å². The molecule has 0 bridgehead atoms. The van der Waals surface area contributed by atoms with Crippen LogP contribution in [0.3, 0.4) is 0 Å². The Morgan fingerprint density at radius 1 is 0.359 bits per heavy atom. The summed E-state index contributed by atoms with van der Waals surface area (Å²) in [6, 6.07) is 55.6. The number of hydrogen-bond donors (Lipinski definition) is 0. The number of hydrogen-bond acceptors (Lipinski definition) is 1. The Labute approximate surface area is 228 Å². The van der Waals surface area contributed by atoms with Crippen molar-refractivity contribution < 1.29 is 0 Å². The number of imidazole rings is 1. The SMILES string of the molecule is c1ccc(-c2cc(-c3ccccc3)cc(-c3ccc(-c4nc5ccccc5n4-c4ccccc4)cc3)c2)cc1. The molecule has 0 aliphatic heterocycles. The van der Waals surface area contributed by atoms with Crippen LogP contribution < -0.4 is 0 Å². The number of para-hydroxylation sites is 3. The first kappa shape index (κ1) is 22.9. The molecule has 184 valence electrons. The zero-order valence-electron chi connectivity index (χ0n) is 21.4. The van der Waals surface area contributed by atoms with E-state index in [0.29, 0.717) is 0 Å². The zero-order chi connectivity index (χ0) is 26.0. The third-order valence-electron chi connectivity index (χ3n) is 7.20. The molecule has 6 aromatic carbocycles. The van der Waals surface area contributed by atoms with Crippen molar-refractivity contribution in [2.75, 3.05) is 0 Å². The van der Waals surface area contributed by atoms with Gasteiger partial charge in [-0.3, -0.25) is 4.57 Å². The van der Waals surface area contributed by atoms with Gasteiger partial charge in [0.25, 0.3) is 0 Å². The summed E-state index contributed by atoms with van der Waals surface area (Å²) in [5.41, 5.74) is 11.5. The van der Waals surface area contributed by atoms with Crippen molar-refractivity contribution in [2.45, 2.75) is 0 Å². The van der Waals surface area contributed by atoms with Gasteiger partial charge in [0.15, 0.2) is 0 Å². The molecule has 0 aliphatic rings. The molecular weight excluding hydrogens is 472 g/mol. The van der Waals surface area contributed by atoms with Gasteiger partial charge in [0.2, 0.25) is 0 Å². The number of nitrogens with zero attached hydrogens (tertiary/aromatic N) is 2. The molecule has 1 aromatic heterocycles. The highest BCUT2D eigenvalue weighted by molar-refractivity contribution is 5.85. The topological polar surface area (TPSA) is 17.8 Å². The van der Waals surface area contributed by atoms with Gasteiger partial charge < -0.3 is 0 Å². The first-order valence-corrected chi connectivity index (χ1v) is 13.2. The molecule has 0 radical (unpaired) electrons. The van der Waals surface area contributed by atoms with E-state index >= 15 is 0 Å². The van der Waals surface area contributed by atoms with E-state index in [4.69, 9.17) is 4.98 Å². The van der Waals surface area contributed by atoms with Gasteiger partial charge in [-0.1, -0.05) is 115 Å². The highest BCUT2D eigenvalue weighted by atomic mass is 15.1. The van der Waals surface area contributed by atoms with E-state index in [9.17, 15) is 0 Å². The van der Waals surface area contributed by atoms with Crippen LogP contribution in [0.1, 0.15) is 0 Å². The second-order valence-electron chi connectivity index (χ2n) is 9.70. The molecule has 0 unspecified atom stereocenters. The molecule has 39 heavy (non-hydrogen) atoms. The van der Waals surface area contributed by atoms with E-state index in [1.807, 2.05) is 12.1 Å². The van der Waals surface area contributed by atoms with E-state index in [1.54, 1.807) is 0 Å². The van der Waals surface area contributed by atoms with Crippen molar-refractivity contribution in [3.63, 3.8) is 0 Å². The maximum absolute atomic E-state index is 5.03. The Kier molecular flexibility index (Phi) is 5.84. The van der Waals surface area contributed by atoms with Crippen molar-refractivity contribution >= 4 is 11.0 Å². The van der Waals surface area contributed by atoms with Crippen LogP contribution in [0.25, 0.3) is 61.5 Å². The smallest absolute Gasteiger partial charge is 0.145 e. The van der Waals surface area contributed by atoms with Gasteiger partial charge in [-0.2, -0.15) is 0 Å². The quantitative estimate of drug-likeness (QED) is 0.231. The first-order valence-electron chi connectivity index (χ1n) is 13.2. The molecule has 0 fully saturated rings. The lowest BCUT2D eigenvalue weighted by Gasteiger charge is -2.12. The van der Waals surface area contributed by atoms with Gasteiger partial charge in [-0.15, -0.1) is 0 Å². The Hall–Kier alpha value is -5.21. The van der Waals surface area contributed by atoms with Crippen LogP contribution in [0, 0.1) is 0 Å². The van der Waals surface area contributed by atoms with Crippen LogP contribution in [0.2, 0.25) is 0 Å². The molecule has 0 N–H and O–H groups in total. The van der Waals surface area contributed by atoms with Crippen LogP contribution in [0.15, 0.2) is 158 Å². The molecule has 0 saturated heterocycles. The van der Waals surface area contributed by atoms with Crippen molar-refractivity contribution in [1.82, 2.24) is 9.55 Å². The van der Waals surface area contributed by atoms with Crippen LogP contribution in [-0.2, 0) is 0 Å². The van der Waals surface area contributed by atoms with Crippen LogP contribution in [-0.4, -0.2) is 9.55 Å². The van der Waals surface area contributed by atoms with Gasteiger partial charge in [0, 0.05) is 11.3 Å². The van der Waals surface area contributed by atoms with Crippen molar-refractivity contribution in [3.05, 3.63) is 158 Å². The fourth-order valence-electron chi connectivity index (χ4n) is 5.26. The summed E-state index contributed by atoms with van der Waals surface area (Å²) in [5.74, 6) is 0.942. The van der Waals surface area contributed by atoms with E-state index in [1.165, 1.54) is 33.4 Å². The molecule has 0 saturated carbocycles. The lowest BCUT2D eigenvalue weighted by atomic mass is 9.93. The number of rotatable bonds is 5. The predicted octanol–water partition coefficient (Wildman–Crippen LogP) is 9.69. The summed E-state index contributed by atoms with van der Waals surface area (Å²) in [6.07, 6.45) is 0. The maximum atomic E-state index is 5.03. The fraction of sp³-hybridized carbons (Fsp3) is 0. The third kappa shape index (κ3) is 4.43. The van der Waals surface area contributed by atoms with E-state index in [2.05, 4.69) is 150 Å². The summed E-state index contributed by atoms with van der Waals surface area (Å²) >= 11 is 0. The van der Waals surface area contributed by atoms with Gasteiger partial charge in [-0.05, 0) is 75.8 Å². The second-order valence-corrected chi connectivity index (χ2v) is 9.70. The van der Waals surface area contributed by atoms with Gasteiger partial charge in [0.1, 0.15) is 5.82 Å². The van der Waals surface area contributed by atoms with Crippen LogP contribution >= 0.6 is 0 Å². The highest BCUT2D eigenvalue weighted by Gasteiger charge is 2.14. The Morgan fingerprint density at radius 2 is 0.795 bits per heavy atom. The average molecular weight is 499 g/mol. The summed E-state index contributed by atoms with van der Waals surface area (Å²) < 4.78 is 2.24. The van der Waals surface area contributed by atoms with Crippen molar-refractivity contribution in [3.8, 4) is 50.5 Å². The minimum Gasteiger partial charge on any atom is -0.292 e. The molecule has 7 rings (SSSR count). The highest BCUT2D eigenvalue weighted by Crippen LogP contribution is 2.34. The Balaban J connectivity index is 1.34. The Morgan fingerprint density at radius 3 is 1.36 bits per heavy atom. The largest absolute Gasteiger partial charge is 0.292 e. The minimum atomic E-state index is 0.942. The minimum absolute atomic E-state index is 0.942. The fourth-order valence-corrected chi connectivity index (χ4v) is 5.26. The van der Waals surface area contributed by atoms with Gasteiger partial charge in [-0.25, -0.2) is 4.98 Å². The summed E-state index contributed by atoms with van der Waals surface area (Å²) in [7, 11) is 0.